The van der Waals surface area contributed by atoms with E-state index in [0.717, 1.165) is 35.4 Å². The van der Waals surface area contributed by atoms with Crippen LogP contribution >= 0.6 is 23.1 Å². The van der Waals surface area contributed by atoms with Crippen molar-refractivity contribution in [2.24, 2.45) is 4.99 Å². The van der Waals surface area contributed by atoms with E-state index in [1.165, 1.54) is 11.3 Å². The van der Waals surface area contributed by atoms with Gasteiger partial charge in [0.05, 0.1) is 13.0 Å². The Kier molecular flexibility index (Phi) is 3.52. The lowest BCUT2D eigenvalue weighted by atomic mass is 10.3. The lowest BCUT2D eigenvalue weighted by Gasteiger charge is -2.15. The van der Waals surface area contributed by atoms with Gasteiger partial charge < -0.3 is 10.2 Å². The average Bonchev–Trinajstić information content (AvgIpc) is 3.07. The van der Waals surface area contributed by atoms with Crippen LogP contribution in [0.15, 0.2) is 16.1 Å². The normalized spacial score (nSPS) is 17.2. The molecule has 0 saturated carbocycles. The van der Waals surface area contributed by atoms with E-state index >= 15 is 0 Å². The molecule has 0 radical (unpaired) electrons. The number of nitrogens with zero attached hydrogens (tertiary/aromatic N) is 4. The molecule has 3 rings (SSSR count). The summed E-state index contributed by atoms with van der Waals surface area (Å²) in [6.45, 7) is 3.71. The maximum Gasteiger partial charge on any atom is 0.232 e. The third-order valence-electron chi connectivity index (χ3n) is 2.81. The summed E-state index contributed by atoms with van der Waals surface area (Å²) in [6.07, 6.45) is 1.19. The maximum absolute atomic E-state index is 12.0. The van der Waals surface area contributed by atoms with Crippen molar-refractivity contribution in [2.75, 3.05) is 18.4 Å². The van der Waals surface area contributed by atoms with Gasteiger partial charge in [0.1, 0.15) is 5.01 Å². The first kappa shape index (κ1) is 12.6. The highest BCUT2D eigenvalue weighted by Gasteiger charge is 2.27. The molecule has 2 aliphatic heterocycles. The van der Waals surface area contributed by atoms with Crippen molar-refractivity contribution in [3.8, 4) is 0 Å². The highest BCUT2D eigenvalue weighted by atomic mass is 32.2. The zero-order valence-corrected chi connectivity index (χ0v) is 12.1. The Morgan fingerprint density at radius 1 is 1.53 bits per heavy atom. The first-order valence-corrected chi connectivity index (χ1v) is 7.76. The van der Waals surface area contributed by atoms with Gasteiger partial charge in [-0.2, -0.15) is 0 Å². The first-order chi connectivity index (χ1) is 9.26. The van der Waals surface area contributed by atoms with Gasteiger partial charge >= 0.3 is 0 Å². The minimum atomic E-state index is -0.0567. The second-order valence-corrected chi connectivity index (χ2v) is 6.02. The van der Waals surface area contributed by atoms with Crippen molar-refractivity contribution in [1.29, 1.82) is 0 Å². The minimum absolute atomic E-state index is 0.0567. The van der Waals surface area contributed by atoms with Crippen LogP contribution in [0, 0.1) is 0 Å². The molecule has 0 unspecified atom stereocenters. The molecule has 0 fully saturated rings. The third kappa shape index (κ3) is 2.64. The van der Waals surface area contributed by atoms with Crippen molar-refractivity contribution in [3.63, 3.8) is 0 Å². The summed E-state index contributed by atoms with van der Waals surface area (Å²) in [5, 5.41) is 15.2. The van der Waals surface area contributed by atoms with Crippen LogP contribution in [-0.2, 0) is 11.2 Å². The maximum atomic E-state index is 12.0. The highest BCUT2D eigenvalue weighted by molar-refractivity contribution is 8.16. The summed E-state index contributed by atoms with van der Waals surface area (Å²) in [6, 6.07) is 0. The Morgan fingerprint density at radius 2 is 2.42 bits per heavy atom. The SMILES string of the molecule is CCc1nnc(NC(=O)CC2=CSC3=NCCN23)s1. The fraction of sp³-hybridized carbons (Fsp3) is 0.455. The van der Waals surface area contributed by atoms with E-state index in [4.69, 9.17) is 0 Å². The molecule has 3 heterocycles. The fourth-order valence-electron chi connectivity index (χ4n) is 1.89. The van der Waals surface area contributed by atoms with Gasteiger partial charge in [0, 0.05) is 12.2 Å². The monoisotopic (exact) mass is 295 g/mol. The van der Waals surface area contributed by atoms with E-state index in [1.54, 1.807) is 11.8 Å². The molecule has 0 aromatic carbocycles. The number of amides is 1. The summed E-state index contributed by atoms with van der Waals surface area (Å²) in [5.41, 5.74) is 1.01. The number of thioether (sulfide) groups is 1. The number of hydrogen-bond acceptors (Lipinski definition) is 7. The summed E-state index contributed by atoms with van der Waals surface area (Å²) >= 11 is 3.01. The Morgan fingerprint density at radius 3 is 3.21 bits per heavy atom. The number of nitrogens with one attached hydrogen (secondary N) is 1. The van der Waals surface area contributed by atoms with Crippen LogP contribution in [0.1, 0.15) is 18.4 Å². The molecule has 0 saturated heterocycles. The van der Waals surface area contributed by atoms with Crippen molar-refractivity contribution in [2.45, 2.75) is 19.8 Å². The molecule has 1 aromatic heterocycles. The van der Waals surface area contributed by atoms with Crippen LogP contribution in [-0.4, -0.2) is 39.3 Å². The number of hydrogen-bond donors (Lipinski definition) is 1. The van der Waals surface area contributed by atoms with Gasteiger partial charge in [-0.3, -0.25) is 9.79 Å². The molecule has 19 heavy (non-hydrogen) atoms. The summed E-state index contributed by atoms with van der Waals surface area (Å²) in [5.74, 6) is -0.0567. The number of anilines is 1. The molecule has 1 amide bonds. The smallest absolute Gasteiger partial charge is 0.232 e. The number of carbonyl (C=O) groups excluding carboxylic acids is 1. The van der Waals surface area contributed by atoms with Crippen LogP contribution in [0.3, 0.4) is 0 Å². The molecule has 8 heteroatoms. The van der Waals surface area contributed by atoms with E-state index < -0.39 is 0 Å². The quantitative estimate of drug-likeness (QED) is 0.915. The average molecular weight is 295 g/mol. The second kappa shape index (κ2) is 5.30. The molecular formula is C11H13N5OS2. The lowest BCUT2D eigenvalue weighted by molar-refractivity contribution is -0.115. The first-order valence-electron chi connectivity index (χ1n) is 6.06. The Hall–Kier alpha value is -1.41. The van der Waals surface area contributed by atoms with Gasteiger partial charge in [0.25, 0.3) is 0 Å². The predicted octanol–water partition coefficient (Wildman–Crippen LogP) is 1.69. The molecule has 100 valence electrons. The van der Waals surface area contributed by atoms with E-state index in [1.807, 2.05) is 12.3 Å². The van der Waals surface area contributed by atoms with E-state index in [-0.39, 0.29) is 5.91 Å². The van der Waals surface area contributed by atoms with E-state index in [0.29, 0.717) is 11.6 Å². The number of fused-ring (bicyclic) bond motifs is 1. The van der Waals surface area contributed by atoms with Gasteiger partial charge in [-0.1, -0.05) is 30.0 Å². The highest BCUT2D eigenvalue weighted by Crippen LogP contribution is 2.31. The van der Waals surface area contributed by atoms with Crippen molar-refractivity contribution >= 4 is 39.3 Å². The zero-order chi connectivity index (χ0) is 13.2. The Balaban J connectivity index is 1.58. The predicted molar refractivity (Wildman–Crippen MR) is 77.2 cm³/mol. The van der Waals surface area contributed by atoms with Gasteiger partial charge in [-0.25, -0.2) is 0 Å². The van der Waals surface area contributed by atoms with Gasteiger partial charge in [0.2, 0.25) is 11.0 Å². The lowest BCUT2D eigenvalue weighted by Crippen LogP contribution is -2.24. The number of rotatable bonds is 4. The van der Waals surface area contributed by atoms with Crippen LogP contribution in [0.4, 0.5) is 5.13 Å². The standard InChI is InChI=1S/C11H13N5OS2/c1-2-9-14-15-10(19-9)13-8(17)5-7-6-18-11-12-3-4-16(7)11/h6H,2-5H2,1H3,(H,13,15,17). The molecule has 1 aromatic rings. The topological polar surface area (TPSA) is 70.5 Å². The Bertz CT molecular complexity index is 565. The molecular weight excluding hydrogens is 282 g/mol. The number of amidine groups is 1. The summed E-state index contributed by atoms with van der Waals surface area (Å²) < 4.78 is 0. The molecule has 6 nitrogen and oxygen atoms in total. The summed E-state index contributed by atoms with van der Waals surface area (Å²) in [4.78, 5) is 18.4. The van der Waals surface area contributed by atoms with E-state index in [2.05, 4.69) is 25.4 Å². The number of carbonyl (C=O) groups is 1. The molecule has 0 spiro atoms. The number of aromatic nitrogens is 2. The largest absolute Gasteiger partial charge is 0.322 e. The van der Waals surface area contributed by atoms with Gasteiger partial charge in [-0.05, 0) is 11.8 Å². The fourth-order valence-corrected chi connectivity index (χ4v) is 3.54. The van der Waals surface area contributed by atoms with Crippen LogP contribution in [0.2, 0.25) is 0 Å². The van der Waals surface area contributed by atoms with Crippen LogP contribution < -0.4 is 5.32 Å². The van der Waals surface area contributed by atoms with Crippen molar-refractivity contribution in [1.82, 2.24) is 15.1 Å². The number of aliphatic imine (C=N–C) groups is 1. The molecule has 0 aliphatic carbocycles. The van der Waals surface area contributed by atoms with Gasteiger partial charge in [-0.15, -0.1) is 10.2 Å². The van der Waals surface area contributed by atoms with Crippen molar-refractivity contribution < 1.29 is 4.79 Å². The second-order valence-electron chi connectivity index (χ2n) is 4.12. The third-order valence-corrected chi connectivity index (χ3v) is 4.74. The molecule has 0 bridgehead atoms. The van der Waals surface area contributed by atoms with Crippen molar-refractivity contribution in [3.05, 3.63) is 16.1 Å². The summed E-state index contributed by atoms with van der Waals surface area (Å²) in [7, 11) is 0. The van der Waals surface area contributed by atoms with Crippen LogP contribution in [0.25, 0.3) is 0 Å². The molecule has 2 aliphatic rings. The number of aryl methyl sites for hydroxylation is 1. The zero-order valence-electron chi connectivity index (χ0n) is 10.4. The molecule has 0 atom stereocenters. The Labute approximate surface area is 119 Å². The molecule has 1 N–H and O–H groups in total. The van der Waals surface area contributed by atoms with Gasteiger partial charge in [0.15, 0.2) is 5.17 Å². The van der Waals surface area contributed by atoms with E-state index in [9.17, 15) is 4.79 Å². The van der Waals surface area contributed by atoms with Crippen LogP contribution in [0.5, 0.6) is 0 Å². The minimum Gasteiger partial charge on any atom is -0.322 e.